The fourth-order valence-electron chi connectivity index (χ4n) is 3.56. The third kappa shape index (κ3) is 3.18. The van der Waals surface area contributed by atoms with Crippen molar-refractivity contribution < 1.29 is 0 Å². The molecule has 0 aromatic heterocycles. The van der Waals surface area contributed by atoms with E-state index in [0.717, 1.165) is 25.0 Å². The van der Waals surface area contributed by atoms with Crippen molar-refractivity contribution in [3.05, 3.63) is 35.4 Å². The lowest BCUT2D eigenvalue weighted by atomic mass is 9.97. The van der Waals surface area contributed by atoms with E-state index in [0.29, 0.717) is 0 Å². The first-order valence-corrected chi connectivity index (χ1v) is 7.90. The quantitative estimate of drug-likeness (QED) is 0.893. The van der Waals surface area contributed by atoms with E-state index in [9.17, 15) is 0 Å². The average Bonchev–Trinajstić information content (AvgIpc) is 2.93. The van der Waals surface area contributed by atoms with Gasteiger partial charge in [0, 0.05) is 18.6 Å². The predicted molar refractivity (Wildman–Crippen MR) is 80.3 cm³/mol. The maximum Gasteiger partial charge on any atom is 0.0208 e. The van der Waals surface area contributed by atoms with E-state index in [-0.39, 0.29) is 0 Å². The summed E-state index contributed by atoms with van der Waals surface area (Å²) < 4.78 is 0. The van der Waals surface area contributed by atoms with Crippen LogP contribution in [0, 0.1) is 0 Å². The number of nitrogens with one attached hydrogen (secondary N) is 1. The van der Waals surface area contributed by atoms with E-state index in [4.69, 9.17) is 0 Å². The summed E-state index contributed by atoms with van der Waals surface area (Å²) in [6.07, 6.45) is 6.64. The largest absolute Gasteiger partial charge is 0.310 e. The average molecular weight is 258 g/mol. The Morgan fingerprint density at radius 1 is 1.11 bits per heavy atom. The summed E-state index contributed by atoms with van der Waals surface area (Å²) in [7, 11) is 0. The van der Waals surface area contributed by atoms with E-state index in [1.807, 2.05) is 0 Å². The first-order valence-electron chi connectivity index (χ1n) is 7.90. The van der Waals surface area contributed by atoms with Crippen LogP contribution in [0.15, 0.2) is 24.3 Å². The molecule has 1 aromatic carbocycles. The van der Waals surface area contributed by atoms with Crippen LogP contribution in [0.1, 0.15) is 43.7 Å². The number of hydrogen-bond donors (Lipinski definition) is 1. The molecular weight excluding hydrogens is 232 g/mol. The van der Waals surface area contributed by atoms with Gasteiger partial charge in [-0.1, -0.05) is 31.2 Å². The molecule has 0 spiro atoms. The number of nitrogens with zero attached hydrogens (tertiary/aromatic N) is 1. The number of hydrogen-bond acceptors (Lipinski definition) is 2. The minimum Gasteiger partial charge on any atom is -0.310 e. The molecular formula is C17H26N2. The van der Waals surface area contributed by atoms with Crippen molar-refractivity contribution in [3.8, 4) is 0 Å². The molecule has 2 aliphatic heterocycles. The first-order chi connectivity index (χ1) is 9.35. The second-order valence-corrected chi connectivity index (χ2v) is 6.10. The Hall–Kier alpha value is -0.860. The van der Waals surface area contributed by atoms with Crippen molar-refractivity contribution in [1.29, 1.82) is 0 Å². The van der Waals surface area contributed by atoms with Gasteiger partial charge in [0.2, 0.25) is 0 Å². The minimum atomic E-state index is 0.727. The highest BCUT2D eigenvalue weighted by molar-refractivity contribution is 5.22. The summed E-state index contributed by atoms with van der Waals surface area (Å²) in [5.74, 6) is 0. The summed E-state index contributed by atoms with van der Waals surface area (Å²) in [6.45, 7) is 5.89. The maximum atomic E-state index is 3.76. The number of benzene rings is 1. The molecule has 0 aliphatic carbocycles. The highest BCUT2D eigenvalue weighted by Gasteiger charge is 2.31. The Morgan fingerprint density at radius 2 is 1.89 bits per heavy atom. The lowest BCUT2D eigenvalue weighted by molar-refractivity contribution is 0.166. The van der Waals surface area contributed by atoms with Crippen LogP contribution in [0.3, 0.4) is 0 Å². The van der Waals surface area contributed by atoms with Crippen molar-refractivity contribution >= 4 is 0 Å². The standard InChI is InChI=1S/C17H26N2/c1-2-14-5-7-15(8-6-14)13-18-16-9-11-19-10-3-4-17(19)12-16/h5-8,16-18H,2-4,9-13H2,1H3. The van der Waals surface area contributed by atoms with Gasteiger partial charge in [0.25, 0.3) is 0 Å². The lowest BCUT2D eigenvalue weighted by Gasteiger charge is -2.35. The third-order valence-corrected chi connectivity index (χ3v) is 4.85. The summed E-state index contributed by atoms with van der Waals surface area (Å²) in [6, 6.07) is 10.7. The van der Waals surface area contributed by atoms with Gasteiger partial charge >= 0.3 is 0 Å². The van der Waals surface area contributed by atoms with E-state index >= 15 is 0 Å². The van der Waals surface area contributed by atoms with E-state index in [2.05, 4.69) is 41.4 Å². The Bertz CT molecular complexity index is 398. The van der Waals surface area contributed by atoms with Crippen molar-refractivity contribution in [3.63, 3.8) is 0 Å². The Kier molecular flexibility index (Phi) is 4.19. The third-order valence-electron chi connectivity index (χ3n) is 4.85. The molecule has 2 fully saturated rings. The van der Waals surface area contributed by atoms with Gasteiger partial charge in [0.05, 0.1) is 0 Å². The van der Waals surface area contributed by atoms with Gasteiger partial charge in [-0.3, -0.25) is 0 Å². The molecule has 0 amide bonds. The zero-order valence-electron chi connectivity index (χ0n) is 12.1. The van der Waals surface area contributed by atoms with Crippen molar-refractivity contribution in [2.45, 2.75) is 57.7 Å². The molecule has 2 heterocycles. The zero-order valence-corrected chi connectivity index (χ0v) is 12.1. The second-order valence-electron chi connectivity index (χ2n) is 6.10. The number of piperidine rings is 1. The van der Waals surface area contributed by atoms with Gasteiger partial charge in [-0.05, 0) is 56.3 Å². The minimum absolute atomic E-state index is 0.727. The van der Waals surface area contributed by atoms with Gasteiger partial charge in [0.15, 0.2) is 0 Å². The molecule has 2 aliphatic rings. The van der Waals surface area contributed by atoms with E-state index in [1.54, 1.807) is 0 Å². The molecule has 2 nitrogen and oxygen atoms in total. The Balaban J connectivity index is 1.49. The van der Waals surface area contributed by atoms with Gasteiger partial charge in [0.1, 0.15) is 0 Å². The molecule has 104 valence electrons. The van der Waals surface area contributed by atoms with Crippen LogP contribution in [0.4, 0.5) is 0 Å². The number of fused-ring (bicyclic) bond motifs is 1. The fourth-order valence-corrected chi connectivity index (χ4v) is 3.56. The summed E-state index contributed by atoms with van der Waals surface area (Å²) in [4.78, 5) is 2.69. The van der Waals surface area contributed by atoms with Crippen molar-refractivity contribution in [2.75, 3.05) is 13.1 Å². The van der Waals surface area contributed by atoms with Crippen LogP contribution < -0.4 is 5.32 Å². The van der Waals surface area contributed by atoms with Crippen LogP contribution in [-0.2, 0) is 13.0 Å². The van der Waals surface area contributed by atoms with Crippen LogP contribution in [0.25, 0.3) is 0 Å². The fraction of sp³-hybridized carbons (Fsp3) is 0.647. The van der Waals surface area contributed by atoms with E-state index < -0.39 is 0 Å². The SMILES string of the molecule is CCc1ccc(CNC2CCN3CCCC3C2)cc1. The topological polar surface area (TPSA) is 15.3 Å². The normalized spacial score (nSPS) is 27.4. The Labute approximate surface area is 117 Å². The molecule has 19 heavy (non-hydrogen) atoms. The molecule has 2 unspecified atom stereocenters. The zero-order chi connectivity index (χ0) is 13.1. The van der Waals surface area contributed by atoms with Crippen LogP contribution in [0.5, 0.6) is 0 Å². The molecule has 0 bridgehead atoms. The molecule has 0 radical (unpaired) electrons. The summed E-state index contributed by atoms with van der Waals surface area (Å²) in [5, 5.41) is 3.76. The smallest absolute Gasteiger partial charge is 0.0208 e. The lowest BCUT2D eigenvalue weighted by Crippen LogP contribution is -2.45. The molecule has 2 atom stereocenters. The number of rotatable bonds is 4. The van der Waals surface area contributed by atoms with Crippen LogP contribution in [0.2, 0.25) is 0 Å². The van der Waals surface area contributed by atoms with Gasteiger partial charge in [-0.15, -0.1) is 0 Å². The van der Waals surface area contributed by atoms with Crippen molar-refractivity contribution in [1.82, 2.24) is 10.2 Å². The predicted octanol–water partition coefficient (Wildman–Crippen LogP) is 2.97. The highest BCUT2D eigenvalue weighted by Crippen LogP contribution is 2.26. The van der Waals surface area contributed by atoms with Crippen molar-refractivity contribution in [2.24, 2.45) is 0 Å². The van der Waals surface area contributed by atoms with Gasteiger partial charge in [-0.2, -0.15) is 0 Å². The van der Waals surface area contributed by atoms with Gasteiger partial charge < -0.3 is 10.2 Å². The molecule has 3 rings (SSSR count). The summed E-state index contributed by atoms with van der Waals surface area (Å²) in [5.41, 5.74) is 2.86. The van der Waals surface area contributed by atoms with Gasteiger partial charge in [-0.25, -0.2) is 0 Å². The Morgan fingerprint density at radius 3 is 2.68 bits per heavy atom. The van der Waals surface area contributed by atoms with Crippen LogP contribution >= 0.6 is 0 Å². The molecule has 0 saturated carbocycles. The second kappa shape index (κ2) is 6.06. The summed E-state index contributed by atoms with van der Waals surface area (Å²) >= 11 is 0. The molecule has 1 aromatic rings. The molecule has 1 N–H and O–H groups in total. The first kappa shape index (κ1) is 13.1. The monoisotopic (exact) mass is 258 g/mol. The number of aryl methyl sites for hydroxylation is 1. The molecule has 2 saturated heterocycles. The molecule has 2 heteroatoms. The van der Waals surface area contributed by atoms with Crippen LogP contribution in [-0.4, -0.2) is 30.1 Å². The maximum absolute atomic E-state index is 3.76. The van der Waals surface area contributed by atoms with E-state index in [1.165, 1.54) is 49.9 Å². The highest BCUT2D eigenvalue weighted by atomic mass is 15.2.